The Morgan fingerprint density at radius 3 is 1.67 bits per heavy atom. The number of rotatable bonds is 18. The van der Waals surface area contributed by atoms with Gasteiger partial charge in [-0.25, -0.2) is 9.78 Å². The molecule has 1 aromatic heterocycles. The van der Waals surface area contributed by atoms with Crippen LogP contribution in [0.2, 0.25) is 0 Å². The fourth-order valence-electron chi connectivity index (χ4n) is 9.67. The van der Waals surface area contributed by atoms with Crippen LogP contribution in [0.3, 0.4) is 0 Å². The topological polar surface area (TPSA) is 131 Å². The lowest BCUT2D eigenvalue weighted by Crippen LogP contribution is -2.71. The molecule has 2 atom stereocenters. The first-order valence-corrected chi connectivity index (χ1v) is 27.6. The number of aromatic nitrogens is 1. The molecular weight excluding hydrogens is 970 g/mol. The number of carbonyl (C=O) groups is 3. The number of thiazole rings is 1. The number of amides is 2. The Balaban J connectivity index is 0.970. The van der Waals surface area contributed by atoms with Crippen molar-refractivity contribution in [3.8, 4) is 5.75 Å². The zero-order valence-electron chi connectivity index (χ0n) is 40.0. The van der Waals surface area contributed by atoms with Gasteiger partial charge in [0.2, 0.25) is 0 Å². The first-order chi connectivity index (χ1) is 35.8. The van der Waals surface area contributed by atoms with Crippen molar-refractivity contribution < 1.29 is 28.7 Å². The minimum absolute atomic E-state index is 0.0273. The molecule has 2 aliphatic rings. The van der Waals surface area contributed by atoms with Crippen LogP contribution in [0, 0.1) is 0 Å². The van der Waals surface area contributed by atoms with Crippen molar-refractivity contribution in [2.75, 3.05) is 31.5 Å². The Morgan fingerprint density at radius 2 is 1.19 bits per heavy atom. The summed E-state index contributed by atoms with van der Waals surface area (Å²) in [6.07, 6.45) is 0.462. The summed E-state index contributed by atoms with van der Waals surface area (Å²) in [5, 5.41) is 15.9. The number of carbonyl (C=O) groups excluding carboxylic acids is 3. The van der Waals surface area contributed by atoms with E-state index in [9.17, 15) is 14.4 Å². The predicted octanol–water partition coefficient (Wildman–Crippen LogP) is 9.30. The second-order valence-electron chi connectivity index (χ2n) is 17.3. The fraction of sp³-hybridized carbons (Fsp3) is 0.136. The van der Waals surface area contributed by atoms with Crippen molar-refractivity contribution in [2.45, 2.75) is 23.6 Å². The highest BCUT2D eigenvalue weighted by molar-refractivity contribution is 8.00. The van der Waals surface area contributed by atoms with Gasteiger partial charge in [0, 0.05) is 16.7 Å². The van der Waals surface area contributed by atoms with E-state index in [2.05, 4.69) is 88.6 Å². The Morgan fingerprint density at radius 1 is 0.699 bits per heavy atom. The number of anilines is 1. The highest BCUT2D eigenvalue weighted by Crippen LogP contribution is 2.58. The average molecular weight is 1020 g/mol. The van der Waals surface area contributed by atoms with Crippen molar-refractivity contribution in [2.24, 2.45) is 5.16 Å². The van der Waals surface area contributed by atoms with E-state index in [1.165, 1.54) is 35.1 Å². The quantitative estimate of drug-likeness (QED) is 0.0216. The second kappa shape index (κ2) is 21.9. The van der Waals surface area contributed by atoms with Gasteiger partial charge in [-0.3, -0.25) is 14.5 Å². The van der Waals surface area contributed by atoms with Gasteiger partial charge in [-0.2, -0.15) is 0 Å². The highest BCUT2D eigenvalue weighted by atomic mass is 32.2. The Kier molecular flexibility index (Phi) is 14.6. The molecule has 0 radical (unpaired) electrons. The molecule has 0 unspecified atom stereocenters. The number of hydrogen-bond acceptors (Lipinski definition) is 11. The molecule has 0 bridgehead atoms. The first-order valence-electron chi connectivity index (χ1n) is 23.7. The molecule has 2 N–H and O–H groups in total. The number of benzene rings is 7. The number of esters is 1. The van der Waals surface area contributed by atoms with Crippen molar-refractivity contribution in [1.82, 2.24) is 15.2 Å². The van der Waals surface area contributed by atoms with Gasteiger partial charge in [0.05, 0.1) is 13.3 Å². The summed E-state index contributed by atoms with van der Waals surface area (Å²) in [7, 11) is 0.427. The lowest BCUT2D eigenvalue weighted by molar-refractivity contribution is -0.153. The van der Waals surface area contributed by atoms with Crippen LogP contribution in [-0.2, 0) is 36.1 Å². The number of thioether (sulfide) groups is 1. The largest absolute Gasteiger partial charge is 0.497 e. The molecule has 2 amide bonds. The van der Waals surface area contributed by atoms with E-state index in [0.29, 0.717) is 22.8 Å². The number of nitrogens with zero attached hydrogens (tertiary/aromatic N) is 3. The number of nitrogens with one attached hydrogen (secondary N) is 2. The lowest BCUT2D eigenvalue weighted by atomic mass is 9.77. The average Bonchev–Trinajstić information content (AvgIpc) is 3.93. The lowest BCUT2D eigenvalue weighted by Gasteiger charge is -2.50. The molecule has 0 spiro atoms. The molecule has 11 nitrogen and oxygen atoms in total. The van der Waals surface area contributed by atoms with Gasteiger partial charge >= 0.3 is 5.97 Å². The Bertz CT molecular complexity index is 3060. The van der Waals surface area contributed by atoms with Crippen LogP contribution >= 0.6 is 30.4 Å². The third-order valence-corrected chi connectivity index (χ3v) is 19.6. The first kappa shape index (κ1) is 48.8. The number of methoxy groups -OCH3 is 1. The van der Waals surface area contributed by atoms with Crippen LogP contribution < -0.4 is 31.3 Å². The molecule has 1 fully saturated rings. The fourth-order valence-corrected chi connectivity index (χ4v) is 16.2. The monoisotopic (exact) mass is 1020 g/mol. The molecule has 10 rings (SSSR count). The number of oxime groups is 1. The van der Waals surface area contributed by atoms with Gasteiger partial charge in [-0.05, 0) is 70.8 Å². The molecule has 7 aromatic carbocycles. The molecule has 14 heteroatoms. The van der Waals surface area contributed by atoms with E-state index in [1.54, 1.807) is 12.5 Å². The second-order valence-corrected chi connectivity index (χ2v) is 22.8. The van der Waals surface area contributed by atoms with Crippen molar-refractivity contribution >= 4 is 74.9 Å². The maximum absolute atomic E-state index is 14.8. The maximum Gasteiger partial charge on any atom is 0.355 e. The number of hydrogen-bond donors (Lipinski definition) is 2. The highest BCUT2D eigenvalue weighted by Gasteiger charge is 2.57. The van der Waals surface area contributed by atoms with Gasteiger partial charge in [0.15, 0.2) is 10.8 Å². The molecule has 0 saturated carbocycles. The van der Waals surface area contributed by atoms with E-state index in [4.69, 9.17) is 19.3 Å². The summed E-state index contributed by atoms with van der Waals surface area (Å²) in [6.45, 7) is -0.0273. The smallest absolute Gasteiger partial charge is 0.355 e. The summed E-state index contributed by atoms with van der Waals surface area (Å²) in [5.74, 6) is -0.648. The molecule has 2 aliphatic heterocycles. The van der Waals surface area contributed by atoms with Gasteiger partial charge in [-0.1, -0.05) is 163 Å². The van der Waals surface area contributed by atoms with E-state index in [-0.39, 0.29) is 23.7 Å². The zero-order valence-corrected chi connectivity index (χ0v) is 42.6. The SMILES string of the molecule is CO/N=C(\C(=O)N[C@@H]1C(=O)N2C(C(=O)OCc3ccc(OC)cc3)=C(C[P+](c3ccccc3)(c3ccccc3)c3ccccc3)CS[C@H]12)c1csc(NC(c2ccccc2)(c2ccccc2)c2ccccc2)n1. The van der Waals surface area contributed by atoms with E-state index in [1.807, 2.05) is 133 Å². The van der Waals surface area contributed by atoms with Crippen molar-refractivity contribution in [3.63, 3.8) is 0 Å². The van der Waals surface area contributed by atoms with Crippen LogP contribution in [0.5, 0.6) is 5.75 Å². The number of fused-ring (bicyclic) bond motifs is 1. The Labute approximate surface area is 433 Å². The standard InChI is InChI=1S/C59H50N5O6PS2/c1-68-46-35-33-41(34-36-46)37-70-57(67)53-42(38-71(47-27-15-6-16-28-47,48-29-17-7-18-30-48)49-31-19-8-20-32-49)39-72-56-52(55(66)64(53)56)61-54(65)51(63-69-2)50-40-73-58(60-50)62-59(43-21-9-3-10-22-43,44-23-11-4-12-24-44)45-25-13-5-14-26-45/h3-36,40,52,56H,37-39H2,1-2H3,(H-,60,61,62,65)/p+1/b63-51-/t52-,56-/m1/s1. The predicted molar refractivity (Wildman–Crippen MR) is 293 cm³/mol. The van der Waals surface area contributed by atoms with Crippen LogP contribution in [0.4, 0.5) is 5.13 Å². The number of ether oxygens (including phenoxy) is 2. The summed E-state index contributed by atoms with van der Waals surface area (Å²) < 4.78 is 11.5. The molecule has 1 saturated heterocycles. The minimum atomic E-state index is -2.53. The van der Waals surface area contributed by atoms with Gasteiger partial charge in [0.1, 0.15) is 71.0 Å². The van der Waals surface area contributed by atoms with Gasteiger partial charge in [-0.15, -0.1) is 23.1 Å². The van der Waals surface area contributed by atoms with Gasteiger partial charge < -0.3 is 24.9 Å². The van der Waals surface area contributed by atoms with Crippen LogP contribution in [-0.4, -0.2) is 70.9 Å². The molecule has 364 valence electrons. The third-order valence-electron chi connectivity index (χ3n) is 13.1. The van der Waals surface area contributed by atoms with E-state index >= 15 is 0 Å². The molecule has 8 aromatic rings. The maximum atomic E-state index is 14.8. The van der Waals surface area contributed by atoms with Gasteiger partial charge in [0.25, 0.3) is 11.8 Å². The zero-order chi connectivity index (χ0) is 50.2. The van der Waals surface area contributed by atoms with Crippen LogP contribution in [0.15, 0.2) is 228 Å². The molecule has 0 aliphatic carbocycles. The summed E-state index contributed by atoms with van der Waals surface area (Å²) in [6, 6.07) is 68.0. The van der Waals surface area contributed by atoms with E-state index in [0.717, 1.165) is 43.7 Å². The third kappa shape index (κ3) is 9.67. The summed E-state index contributed by atoms with van der Waals surface area (Å²) in [5.41, 5.74) is 3.97. The van der Waals surface area contributed by atoms with Crippen molar-refractivity contribution in [1.29, 1.82) is 0 Å². The normalized spacial score (nSPS) is 15.7. The van der Waals surface area contributed by atoms with Crippen LogP contribution in [0.1, 0.15) is 27.9 Å². The molecular formula is C59H51N5O6PS2+. The number of β-lactam (4-membered cyclic amide) rings is 1. The summed E-state index contributed by atoms with van der Waals surface area (Å²) in [4.78, 5) is 55.7. The van der Waals surface area contributed by atoms with Crippen molar-refractivity contribution in [3.05, 3.63) is 251 Å². The molecule has 73 heavy (non-hydrogen) atoms. The van der Waals surface area contributed by atoms with E-state index < -0.39 is 42.0 Å². The summed E-state index contributed by atoms with van der Waals surface area (Å²) >= 11 is 2.82. The Hall–Kier alpha value is -7.83. The molecule has 3 heterocycles. The van der Waals surface area contributed by atoms with Crippen LogP contribution in [0.25, 0.3) is 0 Å². The minimum Gasteiger partial charge on any atom is -0.497 e.